The lowest BCUT2D eigenvalue weighted by Gasteiger charge is -2.14. The lowest BCUT2D eigenvalue weighted by Crippen LogP contribution is -2.10. The fourth-order valence-corrected chi connectivity index (χ4v) is 3.31. The van der Waals surface area contributed by atoms with Gasteiger partial charge in [0.05, 0.1) is 12.7 Å². The van der Waals surface area contributed by atoms with E-state index in [-0.39, 0.29) is 5.69 Å². The summed E-state index contributed by atoms with van der Waals surface area (Å²) in [5, 5.41) is 11.1. The molecule has 0 aliphatic rings. The van der Waals surface area contributed by atoms with E-state index < -0.39 is 5.97 Å². The first-order valence-corrected chi connectivity index (χ1v) is 9.15. The Balaban J connectivity index is 1.74. The zero-order chi connectivity index (χ0) is 19.2. The van der Waals surface area contributed by atoms with Crippen LogP contribution in [-0.4, -0.2) is 36.4 Å². The van der Waals surface area contributed by atoms with Gasteiger partial charge in [0.15, 0.2) is 17.2 Å². The zero-order valence-corrected chi connectivity index (χ0v) is 15.8. The van der Waals surface area contributed by atoms with Gasteiger partial charge in [0.25, 0.3) is 0 Å². The van der Waals surface area contributed by atoms with Crippen LogP contribution in [0, 0.1) is 6.92 Å². The third-order valence-corrected chi connectivity index (χ3v) is 4.62. The highest BCUT2D eigenvalue weighted by atomic mass is 32.1. The fourth-order valence-electron chi connectivity index (χ4n) is 2.50. The van der Waals surface area contributed by atoms with Gasteiger partial charge in [-0.25, -0.2) is 9.78 Å². The Morgan fingerprint density at radius 3 is 2.63 bits per heavy atom. The van der Waals surface area contributed by atoms with Gasteiger partial charge in [-0.2, -0.15) is 0 Å². The summed E-state index contributed by atoms with van der Waals surface area (Å²) in [4.78, 5) is 15.2. The molecule has 0 spiro atoms. The summed E-state index contributed by atoms with van der Waals surface area (Å²) in [7, 11) is 1.56. The van der Waals surface area contributed by atoms with E-state index in [4.69, 9.17) is 19.3 Å². The summed E-state index contributed by atoms with van der Waals surface area (Å²) in [6.07, 6.45) is 0. The van der Waals surface area contributed by atoms with Gasteiger partial charge in [0, 0.05) is 5.38 Å². The summed E-state index contributed by atoms with van der Waals surface area (Å²) in [6, 6.07) is 13.2. The zero-order valence-electron chi connectivity index (χ0n) is 15.0. The maximum Gasteiger partial charge on any atom is 0.355 e. The van der Waals surface area contributed by atoms with Crippen LogP contribution in [0.3, 0.4) is 0 Å². The molecule has 2 aromatic carbocycles. The molecule has 0 bridgehead atoms. The normalized spacial score (nSPS) is 10.4. The maximum atomic E-state index is 11.1. The molecule has 0 fully saturated rings. The van der Waals surface area contributed by atoms with Crippen molar-refractivity contribution in [1.82, 2.24) is 4.98 Å². The molecule has 3 rings (SSSR count). The van der Waals surface area contributed by atoms with Crippen molar-refractivity contribution in [3.8, 4) is 27.8 Å². The number of aryl methyl sites for hydroxylation is 1. The van der Waals surface area contributed by atoms with Crippen LogP contribution in [0.2, 0.25) is 0 Å². The van der Waals surface area contributed by atoms with Crippen LogP contribution in [0.5, 0.6) is 17.2 Å². The molecule has 7 heteroatoms. The molecule has 0 amide bonds. The Labute approximate surface area is 161 Å². The molecule has 0 saturated heterocycles. The molecule has 0 aliphatic carbocycles. The second-order valence-electron chi connectivity index (χ2n) is 5.69. The Bertz CT molecular complexity index is 938. The number of benzene rings is 2. The van der Waals surface area contributed by atoms with Crippen molar-refractivity contribution < 1.29 is 24.1 Å². The van der Waals surface area contributed by atoms with Crippen LogP contribution >= 0.6 is 11.3 Å². The first-order chi connectivity index (χ1) is 13.1. The number of methoxy groups -OCH3 is 1. The van der Waals surface area contributed by atoms with Crippen molar-refractivity contribution in [2.24, 2.45) is 0 Å². The Morgan fingerprint density at radius 2 is 1.93 bits per heavy atom. The Kier molecular flexibility index (Phi) is 5.93. The predicted molar refractivity (Wildman–Crippen MR) is 103 cm³/mol. The van der Waals surface area contributed by atoms with E-state index >= 15 is 0 Å². The summed E-state index contributed by atoms with van der Waals surface area (Å²) in [5.41, 5.74) is 1.81. The van der Waals surface area contributed by atoms with Crippen LogP contribution in [0.15, 0.2) is 47.8 Å². The fraction of sp³-hybridized carbons (Fsp3) is 0.200. The molecular weight excluding hydrogens is 366 g/mol. The summed E-state index contributed by atoms with van der Waals surface area (Å²) in [6.45, 7) is 2.67. The van der Waals surface area contributed by atoms with Crippen molar-refractivity contribution in [2.45, 2.75) is 6.92 Å². The van der Waals surface area contributed by atoms with E-state index in [1.165, 1.54) is 16.7 Å². The largest absolute Gasteiger partial charge is 0.493 e. The number of para-hydroxylation sites is 1. The number of hydrogen-bond acceptors (Lipinski definition) is 6. The molecule has 0 atom stereocenters. The minimum absolute atomic E-state index is 0.00607. The van der Waals surface area contributed by atoms with E-state index in [9.17, 15) is 4.79 Å². The van der Waals surface area contributed by atoms with Crippen LogP contribution in [0.1, 0.15) is 16.1 Å². The topological polar surface area (TPSA) is 77.9 Å². The lowest BCUT2D eigenvalue weighted by molar-refractivity contribution is 0.0691. The van der Waals surface area contributed by atoms with Crippen molar-refractivity contribution in [1.29, 1.82) is 0 Å². The van der Waals surface area contributed by atoms with Gasteiger partial charge in [0.1, 0.15) is 24.0 Å². The highest BCUT2D eigenvalue weighted by molar-refractivity contribution is 7.13. The average Bonchev–Trinajstić information content (AvgIpc) is 3.15. The molecule has 140 valence electrons. The molecule has 27 heavy (non-hydrogen) atoms. The van der Waals surface area contributed by atoms with Crippen LogP contribution in [0.4, 0.5) is 0 Å². The molecule has 6 nitrogen and oxygen atoms in total. The molecule has 1 N–H and O–H groups in total. The molecule has 0 radical (unpaired) electrons. The SMILES string of the molecule is COc1cccc(-c2nc(C(=O)O)cs2)c1OCCOc1cccc(C)c1. The van der Waals surface area contributed by atoms with E-state index in [2.05, 4.69) is 4.98 Å². The van der Waals surface area contributed by atoms with E-state index in [1.54, 1.807) is 13.2 Å². The third kappa shape index (κ3) is 4.57. The molecule has 1 aromatic heterocycles. The molecule has 0 aliphatic heterocycles. The monoisotopic (exact) mass is 385 g/mol. The van der Waals surface area contributed by atoms with Gasteiger partial charge in [-0.3, -0.25) is 0 Å². The van der Waals surface area contributed by atoms with E-state index in [0.29, 0.717) is 35.3 Å². The minimum Gasteiger partial charge on any atom is -0.493 e. The first-order valence-electron chi connectivity index (χ1n) is 8.27. The summed E-state index contributed by atoms with van der Waals surface area (Å²) in [5.74, 6) is 0.786. The molecule has 0 saturated carbocycles. The average molecular weight is 385 g/mol. The number of ether oxygens (including phenoxy) is 3. The number of carbonyl (C=O) groups is 1. The first kappa shape index (κ1) is 18.7. The molecule has 0 unspecified atom stereocenters. The third-order valence-electron chi connectivity index (χ3n) is 3.74. The van der Waals surface area contributed by atoms with Crippen molar-refractivity contribution in [3.63, 3.8) is 0 Å². The number of nitrogens with zero attached hydrogens (tertiary/aromatic N) is 1. The number of aromatic nitrogens is 1. The predicted octanol–water partition coefficient (Wildman–Crippen LogP) is 4.28. The number of carboxylic acids is 1. The van der Waals surface area contributed by atoms with Crippen molar-refractivity contribution >= 4 is 17.3 Å². The van der Waals surface area contributed by atoms with Crippen LogP contribution < -0.4 is 14.2 Å². The second-order valence-corrected chi connectivity index (χ2v) is 6.55. The van der Waals surface area contributed by atoms with Gasteiger partial charge in [0.2, 0.25) is 0 Å². The number of hydrogen-bond donors (Lipinski definition) is 1. The summed E-state index contributed by atoms with van der Waals surface area (Å²) >= 11 is 1.24. The molecular formula is C20H19NO5S. The minimum atomic E-state index is -1.06. The number of aromatic carboxylic acids is 1. The van der Waals surface area contributed by atoms with Crippen molar-refractivity contribution in [3.05, 3.63) is 59.1 Å². The van der Waals surface area contributed by atoms with E-state index in [1.807, 2.05) is 43.3 Å². The van der Waals surface area contributed by atoms with Gasteiger partial charge in [-0.1, -0.05) is 18.2 Å². The highest BCUT2D eigenvalue weighted by Crippen LogP contribution is 2.39. The summed E-state index contributed by atoms with van der Waals surface area (Å²) < 4.78 is 17.0. The number of thiazole rings is 1. The Hall–Kier alpha value is -3.06. The number of rotatable bonds is 8. The van der Waals surface area contributed by atoms with Gasteiger partial charge >= 0.3 is 5.97 Å². The van der Waals surface area contributed by atoms with Crippen LogP contribution in [0.25, 0.3) is 10.6 Å². The Morgan fingerprint density at radius 1 is 1.15 bits per heavy atom. The quantitative estimate of drug-likeness (QED) is 0.583. The van der Waals surface area contributed by atoms with E-state index in [0.717, 1.165) is 11.3 Å². The second kappa shape index (κ2) is 8.55. The van der Waals surface area contributed by atoms with Gasteiger partial charge in [-0.05, 0) is 36.8 Å². The lowest BCUT2D eigenvalue weighted by atomic mass is 10.2. The smallest absolute Gasteiger partial charge is 0.355 e. The highest BCUT2D eigenvalue weighted by Gasteiger charge is 2.17. The van der Waals surface area contributed by atoms with Crippen LogP contribution in [-0.2, 0) is 0 Å². The molecule has 1 heterocycles. The molecule has 3 aromatic rings. The number of carboxylic acid groups (broad SMARTS) is 1. The van der Waals surface area contributed by atoms with Gasteiger partial charge < -0.3 is 19.3 Å². The maximum absolute atomic E-state index is 11.1. The standard InChI is InChI=1S/C20H19NO5S/c1-13-5-3-6-14(11-13)25-9-10-26-18-15(7-4-8-17(18)24-2)19-21-16(12-27-19)20(22)23/h3-8,11-12H,9-10H2,1-2H3,(H,22,23). The van der Waals surface area contributed by atoms with Gasteiger partial charge in [-0.15, -0.1) is 11.3 Å². The van der Waals surface area contributed by atoms with Crippen molar-refractivity contribution in [2.75, 3.05) is 20.3 Å².